The third kappa shape index (κ3) is 4.76. The molecule has 2 fully saturated rings. The summed E-state index contributed by atoms with van der Waals surface area (Å²) in [4.78, 5) is 21.8. The quantitative estimate of drug-likeness (QED) is 0.586. The minimum Gasteiger partial charge on any atom is -0.380 e. The number of ether oxygens (including phenoxy) is 1. The van der Waals surface area contributed by atoms with Gasteiger partial charge in [0.15, 0.2) is 6.10 Å². The topological polar surface area (TPSA) is 87.6 Å². The summed E-state index contributed by atoms with van der Waals surface area (Å²) in [6, 6.07) is 2.17. The summed E-state index contributed by atoms with van der Waals surface area (Å²) in [5.74, 6) is -3.90. The minimum absolute atomic E-state index is 0.0703. The Labute approximate surface area is 210 Å². The molecule has 37 heavy (non-hydrogen) atoms. The van der Waals surface area contributed by atoms with Crippen LogP contribution in [0.4, 0.5) is 27.6 Å². The van der Waals surface area contributed by atoms with Gasteiger partial charge in [0.25, 0.3) is 5.91 Å². The molecule has 1 aliphatic carbocycles. The first-order chi connectivity index (χ1) is 17.5. The fourth-order valence-electron chi connectivity index (χ4n) is 5.61. The molecule has 2 aromatic rings. The number of anilines is 1. The van der Waals surface area contributed by atoms with Crippen LogP contribution in [0.15, 0.2) is 30.6 Å². The Morgan fingerprint density at radius 1 is 1.24 bits per heavy atom. The van der Waals surface area contributed by atoms with E-state index in [2.05, 4.69) is 22.2 Å². The van der Waals surface area contributed by atoms with Crippen LogP contribution < -0.4 is 10.2 Å². The summed E-state index contributed by atoms with van der Waals surface area (Å²) in [6.45, 7) is 2.38. The molecule has 1 saturated heterocycles. The fraction of sp³-hybridized carbons (Fsp3) is 0.560. The first-order valence-corrected chi connectivity index (χ1v) is 12.2. The van der Waals surface area contributed by atoms with Crippen LogP contribution in [0.3, 0.4) is 0 Å². The van der Waals surface area contributed by atoms with E-state index in [1.54, 1.807) is 11.0 Å². The molecule has 2 N–H and O–H groups in total. The smallest absolute Gasteiger partial charge is 0.380 e. The largest absolute Gasteiger partial charge is 0.433 e. The van der Waals surface area contributed by atoms with Gasteiger partial charge in [0.1, 0.15) is 11.7 Å². The lowest BCUT2D eigenvalue weighted by Gasteiger charge is -2.47. The van der Waals surface area contributed by atoms with Gasteiger partial charge in [-0.25, -0.2) is 8.78 Å². The molecule has 5 rings (SSSR count). The van der Waals surface area contributed by atoms with Crippen molar-refractivity contribution in [1.29, 1.82) is 0 Å². The first kappa shape index (κ1) is 25.8. The average molecular weight is 527 g/mol. The number of nitrogens with one attached hydrogen (secondary N) is 1. The van der Waals surface area contributed by atoms with Crippen molar-refractivity contribution in [2.45, 2.75) is 62.4 Å². The van der Waals surface area contributed by atoms with Gasteiger partial charge < -0.3 is 20.1 Å². The van der Waals surface area contributed by atoms with Crippen molar-refractivity contribution in [1.82, 2.24) is 15.3 Å². The van der Waals surface area contributed by atoms with E-state index in [0.29, 0.717) is 18.5 Å². The van der Waals surface area contributed by atoms with E-state index >= 15 is 0 Å². The maximum atomic E-state index is 14.8. The zero-order chi connectivity index (χ0) is 26.5. The predicted molar refractivity (Wildman–Crippen MR) is 122 cm³/mol. The van der Waals surface area contributed by atoms with Crippen molar-refractivity contribution in [2.75, 3.05) is 24.7 Å². The molecule has 5 atom stereocenters. The van der Waals surface area contributed by atoms with Gasteiger partial charge in [0.2, 0.25) is 0 Å². The van der Waals surface area contributed by atoms with Gasteiger partial charge >= 0.3 is 12.1 Å². The van der Waals surface area contributed by atoms with Crippen LogP contribution in [0, 0.1) is 5.92 Å². The van der Waals surface area contributed by atoms with Crippen LogP contribution in [-0.4, -0.2) is 58.7 Å². The third-order valence-corrected chi connectivity index (χ3v) is 7.70. The number of hydrogen-bond donors (Lipinski definition) is 2. The molecule has 2 aliphatic heterocycles. The van der Waals surface area contributed by atoms with Crippen molar-refractivity contribution in [3.8, 4) is 0 Å². The van der Waals surface area contributed by atoms with Gasteiger partial charge in [-0.1, -0.05) is 6.92 Å². The molecular weight excluding hydrogens is 499 g/mol. The number of aliphatic hydroxyl groups is 1. The molecule has 7 nitrogen and oxygen atoms in total. The van der Waals surface area contributed by atoms with Gasteiger partial charge in [-0.05, 0) is 54.9 Å². The molecule has 1 saturated carbocycles. The fourth-order valence-corrected chi connectivity index (χ4v) is 5.61. The number of halogens is 5. The second-order valence-electron chi connectivity index (χ2n) is 10.0. The highest BCUT2D eigenvalue weighted by Crippen LogP contribution is 2.48. The summed E-state index contributed by atoms with van der Waals surface area (Å²) in [6.07, 6.45) is -2.33. The number of morpholine rings is 1. The van der Waals surface area contributed by atoms with Gasteiger partial charge in [0, 0.05) is 30.5 Å². The Balaban J connectivity index is 1.36. The number of aliphatic hydroxyl groups excluding tert-OH is 1. The van der Waals surface area contributed by atoms with Crippen LogP contribution in [0.2, 0.25) is 0 Å². The Hall–Kier alpha value is -2.86. The van der Waals surface area contributed by atoms with Gasteiger partial charge in [-0.2, -0.15) is 13.2 Å². The van der Waals surface area contributed by atoms with Crippen LogP contribution in [-0.2, 0) is 10.9 Å². The normalized spacial score (nSPS) is 29.3. The Kier molecular flexibility index (Phi) is 6.59. The number of carbonyl (C=O) groups is 1. The zero-order valence-electron chi connectivity index (χ0n) is 20.0. The van der Waals surface area contributed by atoms with E-state index in [9.17, 15) is 31.9 Å². The van der Waals surface area contributed by atoms with Gasteiger partial charge in [0.05, 0.1) is 24.6 Å². The molecule has 0 radical (unpaired) electrons. The number of alkyl halides is 5. The number of amides is 1. The number of aromatic nitrogens is 2. The van der Waals surface area contributed by atoms with E-state index in [1.807, 2.05) is 0 Å². The monoisotopic (exact) mass is 526 g/mol. The second kappa shape index (κ2) is 9.46. The lowest BCUT2D eigenvalue weighted by atomic mass is 9.74. The maximum absolute atomic E-state index is 14.8. The summed E-state index contributed by atoms with van der Waals surface area (Å²) in [5, 5.41) is 13.2. The molecule has 1 amide bonds. The highest BCUT2D eigenvalue weighted by Gasteiger charge is 2.56. The van der Waals surface area contributed by atoms with E-state index in [0.717, 1.165) is 24.2 Å². The standard InChI is InChI=1S/C25H27F5N4O3/c1-13-2-3-16(33-23(36)14-4-5-31-19(9-14)25(28,29)30)10-17(13)15-8-18-21(32-11-15)22(35)24(26,27)20-12-37-7-6-34(18)20/h4-5,8-9,11,13,16-17,20,22,35H,2-3,6-7,10,12H2,1H3,(H,33,36)/t13?,16?,17?,20?,22-/m1/s1. The van der Waals surface area contributed by atoms with Crippen LogP contribution in [0.1, 0.15) is 65.5 Å². The number of nitrogens with zero attached hydrogens (tertiary/aromatic N) is 3. The summed E-state index contributed by atoms with van der Waals surface area (Å²) in [5.41, 5.74) is -0.0700. The van der Waals surface area contributed by atoms with Crippen molar-refractivity contribution >= 4 is 11.6 Å². The number of rotatable bonds is 3. The number of pyridine rings is 2. The molecule has 0 bridgehead atoms. The number of carbonyl (C=O) groups excluding carboxylic acids is 1. The highest BCUT2D eigenvalue weighted by molar-refractivity contribution is 5.94. The zero-order valence-corrected chi connectivity index (χ0v) is 20.0. The Morgan fingerprint density at radius 2 is 2.03 bits per heavy atom. The first-order valence-electron chi connectivity index (χ1n) is 12.2. The highest BCUT2D eigenvalue weighted by atomic mass is 19.4. The summed E-state index contributed by atoms with van der Waals surface area (Å²) in [7, 11) is 0. The molecule has 0 spiro atoms. The SMILES string of the molecule is CC1CCC(NC(=O)c2ccnc(C(F)(F)F)c2)CC1c1cnc2c(c1)N1CCOCC1C(F)(F)[C@@H]2O. The molecule has 12 heteroatoms. The van der Waals surface area contributed by atoms with Crippen molar-refractivity contribution in [2.24, 2.45) is 5.92 Å². The van der Waals surface area contributed by atoms with E-state index in [1.165, 1.54) is 12.3 Å². The number of hydrogen-bond acceptors (Lipinski definition) is 6. The third-order valence-electron chi connectivity index (χ3n) is 7.70. The van der Waals surface area contributed by atoms with E-state index in [-0.39, 0.29) is 48.9 Å². The Bertz CT molecular complexity index is 1180. The molecule has 3 aliphatic rings. The molecule has 4 heterocycles. The molecule has 0 aromatic carbocycles. The molecule has 200 valence electrons. The van der Waals surface area contributed by atoms with Crippen molar-refractivity contribution < 1.29 is 36.6 Å². The molecule has 2 aromatic heterocycles. The van der Waals surface area contributed by atoms with Crippen molar-refractivity contribution in [3.63, 3.8) is 0 Å². The maximum Gasteiger partial charge on any atom is 0.433 e. The average Bonchev–Trinajstić information content (AvgIpc) is 2.88. The molecular formula is C25H27F5N4O3. The second-order valence-corrected chi connectivity index (χ2v) is 10.0. The van der Waals surface area contributed by atoms with Crippen LogP contribution >= 0.6 is 0 Å². The van der Waals surface area contributed by atoms with Crippen LogP contribution in [0.25, 0.3) is 0 Å². The van der Waals surface area contributed by atoms with Crippen molar-refractivity contribution in [3.05, 3.63) is 53.1 Å². The lowest BCUT2D eigenvalue weighted by Crippen LogP contribution is -2.60. The Morgan fingerprint density at radius 3 is 2.78 bits per heavy atom. The van der Waals surface area contributed by atoms with Gasteiger partial charge in [-0.3, -0.25) is 14.8 Å². The number of fused-ring (bicyclic) bond motifs is 3. The van der Waals surface area contributed by atoms with E-state index in [4.69, 9.17) is 4.74 Å². The summed E-state index contributed by atoms with van der Waals surface area (Å²) < 4.78 is 73.9. The predicted octanol–water partition coefficient (Wildman–Crippen LogP) is 4.09. The van der Waals surface area contributed by atoms with Crippen LogP contribution in [0.5, 0.6) is 0 Å². The lowest BCUT2D eigenvalue weighted by molar-refractivity contribution is -0.153. The molecule has 4 unspecified atom stereocenters. The van der Waals surface area contributed by atoms with E-state index < -0.39 is 35.8 Å². The minimum atomic E-state index is -4.65. The summed E-state index contributed by atoms with van der Waals surface area (Å²) >= 11 is 0. The van der Waals surface area contributed by atoms with Gasteiger partial charge in [-0.15, -0.1) is 0 Å².